The van der Waals surface area contributed by atoms with Crippen LogP contribution in [0.2, 0.25) is 0 Å². The van der Waals surface area contributed by atoms with Gasteiger partial charge >= 0.3 is 0 Å². The maximum atomic E-state index is 5.94. The molecule has 1 heteroatoms. The molecule has 1 nitrogen and oxygen atoms in total. The van der Waals surface area contributed by atoms with Gasteiger partial charge in [-0.2, -0.15) is 0 Å². The lowest BCUT2D eigenvalue weighted by molar-refractivity contribution is 0.133. The molecule has 0 aromatic heterocycles. The fraction of sp³-hybridized carbons (Fsp3) is 0.267. The molecule has 83 valence electrons. The van der Waals surface area contributed by atoms with Crippen LogP contribution in [0.5, 0.6) is 5.75 Å². The lowest BCUT2D eigenvalue weighted by Crippen LogP contribution is -2.23. The Labute approximate surface area is 97.1 Å². The number of benzene rings is 2. The summed E-state index contributed by atoms with van der Waals surface area (Å²) in [4.78, 5) is 0. The smallest absolute Gasteiger partial charge is 0.127 e. The van der Waals surface area contributed by atoms with Crippen LogP contribution in [0.4, 0.5) is 0 Å². The molecule has 16 heavy (non-hydrogen) atoms. The van der Waals surface area contributed by atoms with Gasteiger partial charge in [0.25, 0.3) is 0 Å². The summed E-state index contributed by atoms with van der Waals surface area (Å²) in [5.41, 5.74) is 0.864. The van der Waals surface area contributed by atoms with E-state index in [0.717, 1.165) is 22.1 Å². The Balaban J connectivity index is 2.59. The van der Waals surface area contributed by atoms with Crippen LogP contribution in [0.25, 0.3) is 10.8 Å². The van der Waals surface area contributed by atoms with Gasteiger partial charge in [0, 0.05) is 5.39 Å². The van der Waals surface area contributed by atoms with Crippen molar-refractivity contribution >= 4 is 10.8 Å². The Kier molecular flexibility index (Phi) is 2.63. The van der Waals surface area contributed by atoms with E-state index in [1.807, 2.05) is 24.3 Å². The van der Waals surface area contributed by atoms with E-state index in [0.29, 0.717) is 0 Å². The summed E-state index contributed by atoms with van der Waals surface area (Å²) < 4.78 is 5.94. The highest BCUT2D eigenvalue weighted by Crippen LogP contribution is 2.30. The molecule has 0 spiro atoms. The molecule has 0 aliphatic heterocycles. The highest BCUT2D eigenvalue weighted by Gasteiger charge is 2.13. The second-order valence-corrected chi connectivity index (χ2v) is 4.98. The molecule has 0 fully saturated rings. The quantitative estimate of drug-likeness (QED) is 0.690. The Morgan fingerprint density at radius 2 is 1.56 bits per heavy atom. The first kappa shape index (κ1) is 11.0. The Morgan fingerprint density at radius 1 is 0.938 bits per heavy atom. The maximum absolute atomic E-state index is 5.94. The standard InChI is InChI=1S/C15H17O/c1-11-9-10-14(16-15(2,3)4)13-8-6-5-7-12(11)13/h5-10H,1H2,2-4H3. The topological polar surface area (TPSA) is 9.23 Å². The van der Waals surface area contributed by atoms with Gasteiger partial charge in [0.15, 0.2) is 0 Å². The maximum Gasteiger partial charge on any atom is 0.127 e. The second kappa shape index (κ2) is 3.82. The molecule has 0 saturated heterocycles. The SMILES string of the molecule is [CH2]c1ccc(OC(C)(C)C)c2ccccc12. The molecule has 0 bridgehead atoms. The minimum absolute atomic E-state index is 0.175. The minimum atomic E-state index is -0.175. The Bertz CT molecular complexity index is 506. The number of fused-ring (bicyclic) bond motifs is 1. The van der Waals surface area contributed by atoms with E-state index in [4.69, 9.17) is 4.74 Å². The lowest BCUT2D eigenvalue weighted by Gasteiger charge is -2.22. The summed E-state index contributed by atoms with van der Waals surface area (Å²) >= 11 is 0. The third kappa shape index (κ3) is 2.19. The van der Waals surface area contributed by atoms with Crippen molar-refractivity contribution in [3.05, 3.63) is 48.9 Å². The molecule has 0 saturated carbocycles. The molecule has 0 heterocycles. The average molecular weight is 213 g/mol. The van der Waals surface area contributed by atoms with Gasteiger partial charge in [-0.1, -0.05) is 30.3 Å². The van der Waals surface area contributed by atoms with E-state index in [1.165, 1.54) is 0 Å². The van der Waals surface area contributed by atoms with E-state index < -0.39 is 0 Å². The van der Waals surface area contributed by atoms with Crippen molar-refractivity contribution in [1.29, 1.82) is 0 Å². The molecule has 0 atom stereocenters. The second-order valence-electron chi connectivity index (χ2n) is 4.98. The lowest BCUT2D eigenvalue weighted by atomic mass is 10.0. The molecule has 2 aromatic rings. The zero-order valence-corrected chi connectivity index (χ0v) is 10.1. The fourth-order valence-corrected chi connectivity index (χ4v) is 1.75. The highest BCUT2D eigenvalue weighted by molar-refractivity contribution is 5.91. The molecule has 2 aromatic carbocycles. The van der Waals surface area contributed by atoms with Gasteiger partial charge in [-0.25, -0.2) is 0 Å². The first-order chi connectivity index (χ1) is 7.47. The first-order valence-corrected chi connectivity index (χ1v) is 5.50. The van der Waals surface area contributed by atoms with Gasteiger partial charge in [0.2, 0.25) is 0 Å². The zero-order chi connectivity index (χ0) is 11.8. The van der Waals surface area contributed by atoms with E-state index in [-0.39, 0.29) is 5.60 Å². The van der Waals surface area contributed by atoms with Crippen molar-refractivity contribution in [3.8, 4) is 5.75 Å². The van der Waals surface area contributed by atoms with Gasteiger partial charge in [0.05, 0.1) is 0 Å². The molecule has 1 radical (unpaired) electrons. The van der Waals surface area contributed by atoms with E-state index >= 15 is 0 Å². The van der Waals surface area contributed by atoms with Gasteiger partial charge in [0.1, 0.15) is 11.4 Å². The van der Waals surface area contributed by atoms with Crippen molar-refractivity contribution < 1.29 is 4.74 Å². The first-order valence-electron chi connectivity index (χ1n) is 5.50. The molecular weight excluding hydrogens is 196 g/mol. The predicted octanol–water partition coefficient (Wildman–Crippen LogP) is 4.20. The summed E-state index contributed by atoms with van der Waals surface area (Å²) in [7, 11) is 0. The van der Waals surface area contributed by atoms with Crippen LogP contribution in [0.3, 0.4) is 0 Å². The van der Waals surface area contributed by atoms with Crippen molar-refractivity contribution in [3.63, 3.8) is 0 Å². The summed E-state index contributed by atoms with van der Waals surface area (Å²) in [5.74, 6) is 0.926. The molecule has 2 rings (SSSR count). The van der Waals surface area contributed by atoms with E-state index in [2.05, 4.69) is 39.8 Å². The summed E-state index contributed by atoms with van der Waals surface area (Å²) in [5, 5.41) is 2.29. The van der Waals surface area contributed by atoms with Crippen molar-refractivity contribution in [2.45, 2.75) is 26.4 Å². The minimum Gasteiger partial charge on any atom is -0.488 e. The summed E-state index contributed by atoms with van der Waals surface area (Å²) in [6, 6.07) is 12.2. The Morgan fingerprint density at radius 3 is 2.19 bits per heavy atom. The van der Waals surface area contributed by atoms with E-state index in [1.54, 1.807) is 0 Å². The van der Waals surface area contributed by atoms with E-state index in [9.17, 15) is 0 Å². The van der Waals surface area contributed by atoms with Gasteiger partial charge in [-0.3, -0.25) is 0 Å². The van der Waals surface area contributed by atoms with Crippen LogP contribution in [0.15, 0.2) is 36.4 Å². The molecule has 0 N–H and O–H groups in total. The molecule has 0 amide bonds. The number of hydrogen-bond donors (Lipinski definition) is 0. The molecule has 0 aliphatic rings. The van der Waals surface area contributed by atoms with Crippen LogP contribution in [0.1, 0.15) is 26.3 Å². The van der Waals surface area contributed by atoms with Crippen molar-refractivity contribution in [1.82, 2.24) is 0 Å². The van der Waals surface area contributed by atoms with Crippen molar-refractivity contribution in [2.24, 2.45) is 0 Å². The fourth-order valence-electron chi connectivity index (χ4n) is 1.75. The van der Waals surface area contributed by atoms with Crippen LogP contribution < -0.4 is 4.74 Å². The monoisotopic (exact) mass is 213 g/mol. The number of hydrogen-bond acceptors (Lipinski definition) is 1. The number of ether oxygens (including phenoxy) is 1. The average Bonchev–Trinajstić information content (AvgIpc) is 2.21. The third-order valence-electron chi connectivity index (χ3n) is 2.39. The largest absolute Gasteiger partial charge is 0.488 e. The summed E-state index contributed by atoms with van der Waals surface area (Å²) in [6.45, 7) is 10.2. The molecular formula is C15H17O. The third-order valence-corrected chi connectivity index (χ3v) is 2.39. The Hall–Kier alpha value is -1.50. The van der Waals surface area contributed by atoms with Crippen LogP contribution in [-0.2, 0) is 0 Å². The molecule has 0 unspecified atom stereocenters. The normalized spacial score (nSPS) is 11.8. The zero-order valence-electron chi connectivity index (χ0n) is 10.1. The van der Waals surface area contributed by atoms with Crippen LogP contribution >= 0.6 is 0 Å². The highest BCUT2D eigenvalue weighted by atomic mass is 16.5. The van der Waals surface area contributed by atoms with Gasteiger partial charge in [-0.05, 0) is 44.7 Å². The number of rotatable bonds is 1. The molecule has 0 aliphatic carbocycles. The summed E-state index contributed by atoms with van der Waals surface area (Å²) in [6.07, 6.45) is 0. The van der Waals surface area contributed by atoms with Crippen LogP contribution in [-0.4, -0.2) is 5.60 Å². The van der Waals surface area contributed by atoms with Crippen molar-refractivity contribution in [2.75, 3.05) is 0 Å². The van der Waals surface area contributed by atoms with Crippen LogP contribution in [0, 0.1) is 6.92 Å². The van der Waals surface area contributed by atoms with Gasteiger partial charge < -0.3 is 4.74 Å². The van der Waals surface area contributed by atoms with Gasteiger partial charge in [-0.15, -0.1) is 0 Å². The predicted molar refractivity (Wildman–Crippen MR) is 68.8 cm³/mol.